The number of phenolic OH excluding ortho intramolecular Hbond substituents is 1. The van der Waals surface area contributed by atoms with E-state index in [1.165, 1.54) is 0 Å². The zero-order chi connectivity index (χ0) is 10.4. The molecule has 15 heavy (non-hydrogen) atoms. The number of allylic oxidation sites excluding steroid dienone is 4. The second-order valence-electron chi connectivity index (χ2n) is 3.64. The molecule has 1 aromatic rings. The van der Waals surface area contributed by atoms with Crippen molar-refractivity contribution in [1.29, 1.82) is 0 Å². The van der Waals surface area contributed by atoms with Crippen LogP contribution in [0.25, 0.3) is 11.6 Å². The Morgan fingerprint density at radius 3 is 2.93 bits per heavy atom. The molecule has 0 aromatic heterocycles. The normalized spacial score (nSPS) is 16.9. The molecule has 2 aliphatic carbocycles. The fourth-order valence-electron chi connectivity index (χ4n) is 2.02. The molecule has 2 heteroatoms. The smallest absolute Gasteiger partial charge is 0.187 e. The number of rotatable bonds is 0. The van der Waals surface area contributed by atoms with Crippen LogP contribution in [0.1, 0.15) is 0 Å². The fourth-order valence-corrected chi connectivity index (χ4v) is 2.02. The molecule has 0 bridgehead atoms. The summed E-state index contributed by atoms with van der Waals surface area (Å²) in [6, 6.07) is 5.07. The van der Waals surface area contributed by atoms with E-state index in [9.17, 15) is 9.90 Å². The summed E-state index contributed by atoms with van der Waals surface area (Å²) in [6.07, 6.45) is 7.15. The third-order valence-corrected chi connectivity index (χ3v) is 2.67. The highest BCUT2D eigenvalue weighted by atomic mass is 16.3. The first kappa shape index (κ1) is 8.24. The Kier molecular flexibility index (Phi) is 1.48. The molecule has 0 spiro atoms. The summed E-state index contributed by atoms with van der Waals surface area (Å²) in [7, 11) is 0. The molecule has 1 aromatic carbocycles. The lowest BCUT2D eigenvalue weighted by molar-refractivity contribution is -0.109. The quantitative estimate of drug-likeness (QED) is 0.652. The molecule has 0 atom stereocenters. The molecule has 0 unspecified atom stereocenters. The van der Waals surface area contributed by atoms with Crippen molar-refractivity contribution in [3.8, 4) is 5.75 Å². The van der Waals surface area contributed by atoms with Crippen LogP contribution in [0.5, 0.6) is 5.75 Å². The van der Waals surface area contributed by atoms with Crippen LogP contribution in [0, 0.1) is 0 Å². The van der Waals surface area contributed by atoms with Crippen LogP contribution >= 0.6 is 0 Å². The van der Waals surface area contributed by atoms with E-state index in [2.05, 4.69) is 0 Å². The summed E-state index contributed by atoms with van der Waals surface area (Å²) in [5, 5.41) is 11.2. The van der Waals surface area contributed by atoms with E-state index in [-0.39, 0.29) is 11.5 Å². The zero-order valence-corrected chi connectivity index (χ0v) is 7.90. The third kappa shape index (κ3) is 1.08. The lowest BCUT2D eigenvalue weighted by Gasteiger charge is -2.03. The molecule has 0 aliphatic heterocycles. The molecular weight excluding hydrogens is 188 g/mol. The Hall–Kier alpha value is -2.09. The SMILES string of the molecule is O=C1C=CC=C2C=c3cc(O)ccc3=C12. The molecule has 1 N–H and O–H groups in total. The van der Waals surface area contributed by atoms with Gasteiger partial charge in [-0.2, -0.15) is 0 Å². The first-order valence-corrected chi connectivity index (χ1v) is 4.74. The van der Waals surface area contributed by atoms with Gasteiger partial charge in [-0.3, -0.25) is 4.79 Å². The number of hydrogen-bond donors (Lipinski definition) is 1. The van der Waals surface area contributed by atoms with E-state index < -0.39 is 0 Å². The van der Waals surface area contributed by atoms with Crippen LogP contribution < -0.4 is 10.4 Å². The molecule has 0 saturated heterocycles. The maximum atomic E-state index is 11.7. The van der Waals surface area contributed by atoms with Crippen LogP contribution in [0.3, 0.4) is 0 Å². The minimum Gasteiger partial charge on any atom is -0.508 e. The zero-order valence-electron chi connectivity index (χ0n) is 7.90. The number of ketones is 1. The van der Waals surface area contributed by atoms with Gasteiger partial charge in [0, 0.05) is 5.57 Å². The molecule has 0 amide bonds. The number of fused-ring (bicyclic) bond motifs is 2. The van der Waals surface area contributed by atoms with Gasteiger partial charge in [0.2, 0.25) is 0 Å². The first-order valence-electron chi connectivity index (χ1n) is 4.74. The number of phenols is 1. The highest BCUT2D eigenvalue weighted by Gasteiger charge is 2.18. The Morgan fingerprint density at radius 2 is 2.07 bits per heavy atom. The van der Waals surface area contributed by atoms with Gasteiger partial charge in [-0.1, -0.05) is 12.2 Å². The van der Waals surface area contributed by atoms with Gasteiger partial charge < -0.3 is 5.11 Å². The van der Waals surface area contributed by atoms with E-state index in [1.54, 1.807) is 30.4 Å². The van der Waals surface area contributed by atoms with E-state index in [4.69, 9.17) is 0 Å². The monoisotopic (exact) mass is 196 g/mol. The van der Waals surface area contributed by atoms with E-state index in [0.29, 0.717) is 0 Å². The number of benzene rings is 1. The molecule has 0 fully saturated rings. The maximum absolute atomic E-state index is 11.7. The lowest BCUT2D eigenvalue weighted by atomic mass is 9.99. The van der Waals surface area contributed by atoms with Crippen molar-refractivity contribution >= 4 is 17.4 Å². The van der Waals surface area contributed by atoms with Gasteiger partial charge in [-0.15, -0.1) is 0 Å². The van der Waals surface area contributed by atoms with Gasteiger partial charge in [0.25, 0.3) is 0 Å². The lowest BCUT2D eigenvalue weighted by Crippen LogP contribution is -2.24. The van der Waals surface area contributed by atoms with Crippen molar-refractivity contribution < 1.29 is 9.90 Å². The first-order chi connectivity index (χ1) is 7.25. The van der Waals surface area contributed by atoms with E-state index in [0.717, 1.165) is 21.6 Å². The van der Waals surface area contributed by atoms with E-state index in [1.807, 2.05) is 12.2 Å². The van der Waals surface area contributed by atoms with E-state index >= 15 is 0 Å². The number of aromatic hydroxyl groups is 1. The molecular formula is C13H8O2. The Labute approximate surface area is 86.2 Å². The van der Waals surface area contributed by atoms with Gasteiger partial charge in [-0.05, 0) is 46.4 Å². The summed E-state index contributed by atoms with van der Waals surface area (Å²) >= 11 is 0. The Balaban J connectivity index is 2.47. The van der Waals surface area contributed by atoms with Crippen molar-refractivity contribution in [3.05, 3.63) is 52.4 Å². The molecule has 72 valence electrons. The number of carbonyl (C=O) groups is 1. The minimum atomic E-state index is 0.0354. The second-order valence-corrected chi connectivity index (χ2v) is 3.64. The molecule has 2 aliphatic rings. The van der Waals surface area contributed by atoms with Crippen molar-refractivity contribution in [3.63, 3.8) is 0 Å². The summed E-state index contributed by atoms with van der Waals surface area (Å²) in [5.74, 6) is 0.262. The predicted octanol–water partition coefficient (Wildman–Crippen LogP) is 0.402. The summed E-state index contributed by atoms with van der Waals surface area (Å²) < 4.78 is 0. The van der Waals surface area contributed by atoms with Gasteiger partial charge in [0.1, 0.15) is 5.75 Å². The minimum absolute atomic E-state index is 0.0354. The topological polar surface area (TPSA) is 37.3 Å². The van der Waals surface area contributed by atoms with Crippen LogP contribution in [-0.2, 0) is 4.79 Å². The van der Waals surface area contributed by atoms with Gasteiger partial charge in [0.15, 0.2) is 5.78 Å². The van der Waals surface area contributed by atoms with Crippen LogP contribution in [0.4, 0.5) is 0 Å². The largest absolute Gasteiger partial charge is 0.508 e. The van der Waals surface area contributed by atoms with Crippen molar-refractivity contribution in [2.24, 2.45) is 0 Å². The van der Waals surface area contributed by atoms with Gasteiger partial charge >= 0.3 is 0 Å². The predicted molar refractivity (Wildman–Crippen MR) is 57.5 cm³/mol. The van der Waals surface area contributed by atoms with Crippen LogP contribution in [0.15, 0.2) is 42.0 Å². The van der Waals surface area contributed by atoms with Gasteiger partial charge in [0.05, 0.1) is 0 Å². The average Bonchev–Trinajstić information content (AvgIpc) is 2.56. The summed E-state index contributed by atoms with van der Waals surface area (Å²) in [6.45, 7) is 0. The molecule has 0 saturated carbocycles. The van der Waals surface area contributed by atoms with Crippen molar-refractivity contribution in [1.82, 2.24) is 0 Å². The summed E-state index contributed by atoms with van der Waals surface area (Å²) in [5.41, 5.74) is 1.68. The van der Waals surface area contributed by atoms with Crippen LogP contribution in [0.2, 0.25) is 0 Å². The third-order valence-electron chi connectivity index (χ3n) is 2.67. The highest BCUT2D eigenvalue weighted by Crippen LogP contribution is 2.20. The summed E-state index contributed by atoms with van der Waals surface area (Å²) in [4.78, 5) is 11.7. The standard InChI is InChI=1S/C13H8O2/c14-10-4-5-11-9(7-10)6-8-2-1-3-12(15)13(8)11/h1-7,14H. The Bertz CT molecular complexity index is 646. The second kappa shape index (κ2) is 2.70. The van der Waals surface area contributed by atoms with Crippen LogP contribution in [-0.4, -0.2) is 10.9 Å². The maximum Gasteiger partial charge on any atom is 0.187 e. The Morgan fingerprint density at radius 1 is 1.20 bits per heavy atom. The molecule has 3 rings (SSSR count). The van der Waals surface area contributed by atoms with Crippen molar-refractivity contribution in [2.45, 2.75) is 0 Å². The fraction of sp³-hybridized carbons (Fsp3) is 0. The molecule has 2 nitrogen and oxygen atoms in total. The highest BCUT2D eigenvalue weighted by molar-refractivity contribution is 6.29. The van der Waals surface area contributed by atoms with Crippen molar-refractivity contribution in [2.75, 3.05) is 0 Å². The molecule has 0 radical (unpaired) electrons. The number of hydrogen-bond acceptors (Lipinski definition) is 2. The van der Waals surface area contributed by atoms with Gasteiger partial charge in [-0.25, -0.2) is 0 Å². The average molecular weight is 196 g/mol. The number of carbonyl (C=O) groups excluding carboxylic acids is 1. The molecule has 0 heterocycles.